The van der Waals surface area contributed by atoms with Crippen LogP contribution in [-0.4, -0.2) is 46.0 Å². The topological polar surface area (TPSA) is 93.1 Å². The summed E-state index contributed by atoms with van der Waals surface area (Å²) in [4.78, 5) is 19.9. The highest BCUT2D eigenvalue weighted by molar-refractivity contribution is 7.99. The van der Waals surface area contributed by atoms with Gasteiger partial charge in [0.05, 0.1) is 12.7 Å². The third kappa shape index (κ3) is 19.1. The molecule has 2 N–H and O–H groups in total. The van der Waals surface area contributed by atoms with E-state index in [0.29, 0.717) is 18.3 Å². The van der Waals surface area contributed by atoms with Gasteiger partial charge in [0.1, 0.15) is 0 Å². The number of hydrogen-bond donors (Lipinski definition) is 2. The Morgan fingerprint density at radius 3 is 2.13 bits per heavy atom. The monoisotopic (exact) mass is 578 g/mol. The molecule has 0 bridgehead atoms. The molecule has 1 rings (SSSR count). The van der Waals surface area contributed by atoms with Crippen molar-refractivity contribution in [3.05, 3.63) is 0 Å². The smallest absolute Gasteiger partial charge is 0.435 e. The molecule has 1 saturated carbocycles. The van der Waals surface area contributed by atoms with Crippen LogP contribution in [0.15, 0.2) is 0 Å². The van der Waals surface area contributed by atoms with E-state index in [0.717, 1.165) is 12.3 Å². The van der Waals surface area contributed by atoms with Crippen molar-refractivity contribution in [1.29, 1.82) is 0 Å². The van der Waals surface area contributed by atoms with Gasteiger partial charge in [0.25, 0.3) is 0 Å². The number of ether oxygens (including phenoxy) is 1. The van der Waals surface area contributed by atoms with E-state index in [-0.39, 0.29) is 12.7 Å². The molecular formula is C30H59O6PS. The Kier molecular flexibility index (Phi) is 22.3. The summed E-state index contributed by atoms with van der Waals surface area (Å²) in [6.45, 7) is 4.66. The summed E-state index contributed by atoms with van der Waals surface area (Å²) in [6.07, 6.45) is 27.8. The quantitative estimate of drug-likeness (QED) is 0.0779. The number of hydrogen-bond acceptors (Lipinski definition) is 5. The van der Waals surface area contributed by atoms with Gasteiger partial charge in [-0.2, -0.15) is 11.8 Å². The number of unbranched alkanes of at least 4 members (excludes halogenated alkanes) is 11. The Hall–Kier alpha value is -0.0700. The van der Waals surface area contributed by atoms with Gasteiger partial charge in [0.2, 0.25) is 0 Å². The predicted molar refractivity (Wildman–Crippen MR) is 162 cm³/mol. The van der Waals surface area contributed by atoms with Crippen molar-refractivity contribution < 1.29 is 28.6 Å². The van der Waals surface area contributed by atoms with E-state index in [1.807, 2.05) is 11.8 Å². The summed E-state index contributed by atoms with van der Waals surface area (Å²) >= 11 is 2.04. The van der Waals surface area contributed by atoms with Crippen LogP contribution in [0.3, 0.4) is 0 Å². The molecule has 0 aliphatic heterocycles. The second-order valence-electron chi connectivity index (χ2n) is 11.3. The molecular weight excluding hydrogens is 519 g/mol. The van der Waals surface area contributed by atoms with Crippen molar-refractivity contribution in [2.45, 2.75) is 160 Å². The van der Waals surface area contributed by atoms with E-state index in [1.54, 1.807) is 0 Å². The van der Waals surface area contributed by atoms with E-state index in [4.69, 9.17) is 9.84 Å². The SMILES string of the molecule is CCCCCCC[C@@H](SCCCCCCCCCCC1CCCCC1)[C@H](C)OCCCOP(=O)(O)C(=O)O. The summed E-state index contributed by atoms with van der Waals surface area (Å²) in [5.74, 6) is 2.21. The third-order valence-corrected chi connectivity index (χ3v) is 10.4. The first kappa shape index (κ1) is 36.0. The molecule has 0 aromatic carbocycles. The lowest BCUT2D eigenvalue weighted by atomic mass is 9.85. The van der Waals surface area contributed by atoms with Crippen molar-refractivity contribution in [2.24, 2.45) is 5.92 Å². The average Bonchev–Trinajstić information content (AvgIpc) is 2.90. The number of carbonyl (C=O) groups is 1. The molecule has 0 aromatic heterocycles. The van der Waals surface area contributed by atoms with Gasteiger partial charge in [-0.25, -0.2) is 9.36 Å². The highest BCUT2D eigenvalue weighted by Crippen LogP contribution is 2.42. The van der Waals surface area contributed by atoms with Crippen LogP contribution in [0.25, 0.3) is 0 Å². The summed E-state index contributed by atoms with van der Waals surface area (Å²) in [6, 6.07) is 0. The zero-order chi connectivity index (χ0) is 27.9. The maximum absolute atomic E-state index is 11.3. The first-order chi connectivity index (χ1) is 18.4. The highest BCUT2D eigenvalue weighted by atomic mass is 32.2. The Balaban J connectivity index is 2.14. The van der Waals surface area contributed by atoms with Crippen LogP contribution in [0.1, 0.15) is 149 Å². The summed E-state index contributed by atoms with van der Waals surface area (Å²) in [7, 11) is -4.55. The molecule has 3 atom stereocenters. The molecule has 38 heavy (non-hydrogen) atoms. The summed E-state index contributed by atoms with van der Waals surface area (Å²) in [5.41, 5.74) is -1.81. The van der Waals surface area contributed by atoms with Crippen molar-refractivity contribution in [3.8, 4) is 0 Å². The molecule has 6 nitrogen and oxygen atoms in total. The number of carboxylic acid groups (broad SMARTS) is 1. The lowest BCUT2D eigenvalue weighted by Crippen LogP contribution is -2.25. The first-order valence-electron chi connectivity index (χ1n) is 15.8. The molecule has 1 aliphatic rings. The molecule has 1 unspecified atom stereocenters. The molecule has 0 saturated heterocycles. The number of thioether (sulfide) groups is 1. The molecule has 0 heterocycles. The molecule has 1 fully saturated rings. The zero-order valence-corrected chi connectivity index (χ0v) is 26.3. The molecule has 8 heteroatoms. The minimum absolute atomic E-state index is 0.0951. The van der Waals surface area contributed by atoms with Crippen molar-refractivity contribution in [2.75, 3.05) is 19.0 Å². The van der Waals surface area contributed by atoms with E-state index < -0.39 is 13.3 Å². The van der Waals surface area contributed by atoms with Gasteiger partial charge in [-0.1, -0.05) is 122 Å². The highest BCUT2D eigenvalue weighted by Gasteiger charge is 2.29. The lowest BCUT2D eigenvalue weighted by molar-refractivity contribution is 0.0537. The third-order valence-electron chi connectivity index (χ3n) is 7.86. The fraction of sp³-hybridized carbons (Fsp3) is 0.967. The maximum Gasteiger partial charge on any atom is 0.435 e. The van der Waals surface area contributed by atoms with Crippen molar-refractivity contribution >= 4 is 25.1 Å². The van der Waals surface area contributed by atoms with Crippen LogP contribution in [0.2, 0.25) is 0 Å². The van der Waals surface area contributed by atoms with Crippen LogP contribution in [-0.2, 0) is 13.8 Å². The molecule has 1 aliphatic carbocycles. The van der Waals surface area contributed by atoms with Gasteiger partial charge < -0.3 is 19.3 Å². The zero-order valence-electron chi connectivity index (χ0n) is 24.6. The van der Waals surface area contributed by atoms with Gasteiger partial charge in [0.15, 0.2) is 0 Å². The molecule has 0 amide bonds. The second kappa shape index (κ2) is 23.6. The van der Waals surface area contributed by atoms with Gasteiger partial charge in [-0.05, 0) is 37.9 Å². The molecule has 226 valence electrons. The Morgan fingerprint density at radius 1 is 0.868 bits per heavy atom. The number of rotatable bonds is 26. The van der Waals surface area contributed by atoms with Crippen LogP contribution in [0.4, 0.5) is 4.79 Å². The normalized spacial score (nSPS) is 17.8. The fourth-order valence-corrected chi connectivity index (χ4v) is 7.23. The lowest BCUT2D eigenvalue weighted by Gasteiger charge is -2.24. The summed E-state index contributed by atoms with van der Waals surface area (Å²) in [5, 5.41) is 9.11. The van der Waals surface area contributed by atoms with Crippen LogP contribution < -0.4 is 0 Å². The van der Waals surface area contributed by atoms with E-state index in [2.05, 4.69) is 18.4 Å². The van der Waals surface area contributed by atoms with Crippen molar-refractivity contribution in [1.82, 2.24) is 0 Å². The molecule has 0 aromatic rings. The Bertz CT molecular complexity index is 614. The average molecular weight is 579 g/mol. The van der Waals surface area contributed by atoms with Crippen LogP contribution >= 0.6 is 19.4 Å². The van der Waals surface area contributed by atoms with Gasteiger partial charge in [0, 0.05) is 11.9 Å². The largest absolute Gasteiger partial charge is 0.472 e. The minimum atomic E-state index is -4.55. The Morgan fingerprint density at radius 2 is 1.47 bits per heavy atom. The van der Waals surface area contributed by atoms with Crippen molar-refractivity contribution in [3.63, 3.8) is 0 Å². The van der Waals surface area contributed by atoms with E-state index >= 15 is 0 Å². The van der Waals surface area contributed by atoms with Gasteiger partial charge in [-0.3, -0.25) is 0 Å². The van der Waals surface area contributed by atoms with E-state index in [1.165, 1.54) is 128 Å². The second-order valence-corrected chi connectivity index (χ2v) is 14.3. The molecule has 0 radical (unpaired) electrons. The summed E-state index contributed by atoms with van der Waals surface area (Å²) < 4.78 is 22.0. The molecule has 0 spiro atoms. The first-order valence-corrected chi connectivity index (χ1v) is 18.4. The van der Waals surface area contributed by atoms with Gasteiger partial charge in [-0.15, -0.1) is 0 Å². The maximum atomic E-state index is 11.3. The van der Waals surface area contributed by atoms with Crippen LogP contribution in [0, 0.1) is 5.92 Å². The predicted octanol–water partition coefficient (Wildman–Crippen LogP) is 10.2. The van der Waals surface area contributed by atoms with E-state index in [9.17, 15) is 14.3 Å². The minimum Gasteiger partial charge on any atom is -0.472 e. The van der Waals surface area contributed by atoms with Gasteiger partial charge >= 0.3 is 13.3 Å². The fourth-order valence-electron chi connectivity index (χ4n) is 5.39. The Labute approximate surface area is 238 Å². The van der Waals surface area contributed by atoms with Crippen LogP contribution in [0.5, 0.6) is 0 Å². The standard InChI is InChI=1S/C30H59O6PS/c1-3-4-5-10-17-23-29(27(2)35-24-19-25-36-37(33,34)30(31)32)38-26-18-12-9-7-6-8-11-14-20-28-21-15-13-16-22-28/h27-29H,3-26H2,1-2H3,(H,31,32)(H,33,34)/t27-,29+/m0/s1.